The molecule has 0 radical (unpaired) electrons. The van der Waals surface area contributed by atoms with Gasteiger partial charge >= 0.3 is 5.97 Å². The highest BCUT2D eigenvalue weighted by molar-refractivity contribution is 5.82. The molecule has 2 aromatic rings. The van der Waals surface area contributed by atoms with Gasteiger partial charge in [0.05, 0.1) is 12.5 Å². The van der Waals surface area contributed by atoms with E-state index in [0.29, 0.717) is 0 Å². The van der Waals surface area contributed by atoms with Crippen LogP contribution in [0.3, 0.4) is 0 Å². The molecule has 0 N–H and O–H groups in total. The number of carbonyl (C=O) groups excluding carboxylic acids is 1. The largest absolute Gasteiger partial charge is 0.468 e. The fourth-order valence-electron chi connectivity index (χ4n) is 2.37. The zero-order valence-corrected chi connectivity index (χ0v) is 12.4. The van der Waals surface area contributed by atoms with Crippen molar-refractivity contribution in [2.75, 3.05) is 7.11 Å². The summed E-state index contributed by atoms with van der Waals surface area (Å²) in [7, 11) is 1.43. The third-order valence-electron chi connectivity index (χ3n) is 3.73. The van der Waals surface area contributed by atoms with Gasteiger partial charge in [0.2, 0.25) is 0 Å². The number of esters is 1. The summed E-state index contributed by atoms with van der Waals surface area (Å²) in [6, 6.07) is 16.4. The van der Waals surface area contributed by atoms with Crippen molar-refractivity contribution in [2.45, 2.75) is 26.2 Å². The Hall–Kier alpha value is -2.09. The molecule has 2 aromatic carbocycles. The van der Waals surface area contributed by atoms with Gasteiger partial charge in [-0.3, -0.25) is 4.79 Å². The second-order valence-electron chi connectivity index (χ2n) is 5.51. The molecule has 0 heterocycles. The minimum atomic E-state index is -0.630. The van der Waals surface area contributed by atoms with Crippen molar-refractivity contribution in [3.63, 3.8) is 0 Å². The van der Waals surface area contributed by atoms with Crippen LogP contribution in [-0.4, -0.2) is 13.1 Å². The summed E-state index contributed by atoms with van der Waals surface area (Å²) >= 11 is 0. The lowest BCUT2D eigenvalue weighted by atomic mass is 9.82. The normalized spacial score (nSPS) is 11.2. The van der Waals surface area contributed by atoms with E-state index in [1.165, 1.54) is 18.2 Å². The maximum absolute atomic E-state index is 11.9. The number of ether oxygens (including phenoxy) is 1. The minimum Gasteiger partial charge on any atom is -0.468 e. The highest BCUT2D eigenvalue weighted by Gasteiger charge is 2.31. The average molecular weight is 268 g/mol. The van der Waals surface area contributed by atoms with Gasteiger partial charge in [0.15, 0.2) is 0 Å². The van der Waals surface area contributed by atoms with Crippen molar-refractivity contribution >= 4 is 5.97 Å². The van der Waals surface area contributed by atoms with Gasteiger partial charge in [-0.15, -0.1) is 0 Å². The van der Waals surface area contributed by atoms with Crippen molar-refractivity contribution in [1.29, 1.82) is 0 Å². The number of benzene rings is 2. The number of hydrogen-bond donors (Lipinski definition) is 0. The number of rotatable bonds is 3. The third kappa shape index (κ3) is 2.60. The summed E-state index contributed by atoms with van der Waals surface area (Å²) in [5.41, 5.74) is 3.88. The summed E-state index contributed by atoms with van der Waals surface area (Å²) in [4.78, 5) is 11.9. The molecule has 0 spiro atoms. The fraction of sp³-hybridized carbons (Fsp3) is 0.278. The van der Waals surface area contributed by atoms with Gasteiger partial charge < -0.3 is 4.74 Å². The van der Waals surface area contributed by atoms with Gasteiger partial charge in [-0.05, 0) is 43.0 Å². The van der Waals surface area contributed by atoms with Crippen LogP contribution >= 0.6 is 0 Å². The predicted octanol–water partition coefficient (Wildman–Crippen LogP) is 4.11. The van der Waals surface area contributed by atoms with Crippen LogP contribution < -0.4 is 0 Å². The third-order valence-corrected chi connectivity index (χ3v) is 3.73. The standard InChI is InChI=1S/C18H20O2/c1-13-12-15(18(2,3)17(19)20-4)10-11-16(13)14-8-6-5-7-9-14/h5-12H,1-4H3. The molecule has 0 aromatic heterocycles. The Kier molecular flexibility index (Phi) is 3.93. The van der Waals surface area contributed by atoms with Crippen molar-refractivity contribution in [2.24, 2.45) is 0 Å². The van der Waals surface area contributed by atoms with E-state index in [-0.39, 0.29) is 5.97 Å². The van der Waals surface area contributed by atoms with Crippen LogP contribution in [0, 0.1) is 6.92 Å². The molecule has 104 valence electrons. The monoisotopic (exact) mass is 268 g/mol. The van der Waals surface area contributed by atoms with Crippen LogP contribution in [-0.2, 0) is 14.9 Å². The van der Waals surface area contributed by atoms with Crippen LogP contribution in [0.1, 0.15) is 25.0 Å². The lowest BCUT2D eigenvalue weighted by Gasteiger charge is -2.23. The summed E-state index contributed by atoms with van der Waals surface area (Å²) in [5.74, 6) is -0.218. The second kappa shape index (κ2) is 5.49. The maximum Gasteiger partial charge on any atom is 0.315 e. The molecule has 0 fully saturated rings. The van der Waals surface area contributed by atoms with E-state index in [1.54, 1.807) is 0 Å². The van der Waals surface area contributed by atoms with Crippen LogP contribution in [0.15, 0.2) is 48.5 Å². The van der Waals surface area contributed by atoms with Crippen LogP contribution in [0.25, 0.3) is 11.1 Å². The van der Waals surface area contributed by atoms with Crippen molar-refractivity contribution in [1.82, 2.24) is 0 Å². The summed E-state index contributed by atoms with van der Waals surface area (Å²) in [5, 5.41) is 0. The SMILES string of the molecule is COC(=O)C(C)(C)c1ccc(-c2ccccc2)c(C)c1. The molecular formula is C18H20O2. The van der Waals surface area contributed by atoms with Crippen LogP contribution in [0.2, 0.25) is 0 Å². The number of methoxy groups -OCH3 is 1. The highest BCUT2D eigenvalue weighted by atomic mass is 16.5. The number of hydrogen-bond acceptors (Lipinski definition) is 2. The smallest absolute Gasteiger partial charge is 0.315 e. The predicted molar refractivity (Wildman–Crippen MR) is 81.7 cm³/mol. The van der Waals surface area contributed by atoms with Gasteiger partial charge in [0, 0.05) is 0 Å². The fourth-order valence-corrected chi connectivity index (χ4v) is 2.37. The first-order valence-corrected chi connectivity index (χ1v) is 6.72. The van der Waals surface area contributed by atoms with E-state index >= 15 is 0 Å². The van der Waals surface area contributed by atoms with Gasteiger partial charge in [-0.2, -0.15) is 0 Å². The molecule has 2 heteroatoms. The highest BCUT2D eigenvalue weighted by Crippen LogP contribution is 2.30. The van der Waals surface area contributed by atoms with Crippen LogP contribution in [0.4, 0.5) is 0 Å². The Morgan fingerprint density at radius 1 is 1.05 bits per heavy atom. The van der Waals surface area contributed by atoms with Gasteiger partial charge in [0.25, 0.3) is 0 Å². The Morgan fingerprint density at radius 3 is 2.25 bits per heavy atom. The molecule has 0 saturated heterocycles. The Balaban J connectivity index is 2.43. The molecule has 20 heavy (non-hydrogen) atoms. The summed E-state index contributed by atoms with van der Waals surface area (Å²) in [6.45, 7) is 5.84. The molecule has 0 aliphatic rings. The summed E-state index contributed by atoms with van der Waals surface area (Å²) < 4.78 is 4.89. The van der Waals surface area contributed by atoms with E-state index < -0.39 is 5.41 Å². The quantitative estimate of drug-likeness (QED) is 0.783. The molecule has 0 saturated carbocycles. The number of carbonyl (C=O) groups is 1. The topological polar surface area (TPSA) is 26.3 Å². The van der Waals surface area contributed by atoms with E-state index in [2.05, 4.69) is 31.2 Å². The van der Waals surface area contributed by atoms with Crippen molar-refractivity contribution < 1.29 is 9.53 Å². The van der Waals surface area contributed by atoms with E-state index in [9.17, 15) is 4.79 Å². The first-order chi connectivity index (χ1) is 9.46. The molecule has 0 atom stereocenters. The van der Waals surface area contributed by atoms with Gasteiger partial charge in [-0.25, -0.2) is 0 Å². The van der Waals surface area contributed by atoms with E-state index in [1.807, 2.05) is 38.1 Å². The van der Waals surface area contributed by atoms with E-state index in [0.717, 1.165) is 11.1 Å². The first-order valence-electron chi connectivity index (χ1n) is 6.72. The summed E-state index contributed by atoms with van der Waals surface area (Å²) in [6.07, 6.45) is 0. The molecule has 0 aliphatic heterocycles. The molecule has 2 rings (SSSR count). The lowest BCUT2D eigenvalue weighted by molar-refractivity contribution is -0.146. The maximum atomic E-state index is 11.9. The molecular weight excluding hydrogens is 248 g/mol. The Morgan fingerprint density at radius 2 is 1.70 bits per heavy atom. The van der Waals surface area contributed by atoms with Crippen molar-refractivity contribution in [3.05, 3.63) is 59.7 Å². The molecule has 0 bridgehead atoms. The van der Waals surface area contributed by atoms with Gasteiger partial charge in [-0.1, -0.05) is 48.5 Å². The molecule has 0 aliphatic carbocycles. The van der Waals surface area contributed by atoms with Gasteiger partial charge in [0.1, 0.15) is 0 Å². The molecule has 2 nitrogen and oxygen atoms in total. The average Bonchev–Trinajstić information content (AvgIpc) is 2.47. The zero-order chi connectivity index (χ0) is 14.8. The molecule has 0 unspecified atom stereocenters. The minimum absolute atomic E-state index is 0.218. The second-order valence-corrected chi connectivity index (χ2v) is 5.51. The number of aryl methyl sites for hydroxylation is 1. The van der Waals surface area contributed by atoms with E-state index in [4.69, 9.17) is 4.74 Å². The first kappa shape index (κ1) is 14.3. The Bertz CT molecular complexity index is 613. The molecule has 0 amide bonds. The lowest BCUT2D eigenvalue weighted by Crippen LogP contribution is -2.30. The Labute approximate surface area is 120 Å². The van der Waals surface area contributed by atoms with Crippen LogP contribution in [0.5, 0.6) is 0 Å². The zero-order valence-electron chi connectivity index (χ0n) is 12.4. The van der Waals surface area contributed by atoms with Crippen molar-refractivity contribution in [3.8, 4) is 11.1 Å².